The molecule has 1 N–H and O–H groups in total. The molecule has 2 aromatic heterocycles. The summed E-state index contributed by atoms with van der Waals surface area (Å²) in [6, 6.07) is 14.1. The van der Waals surface area contributed by atoms with Crippen LogP contribution in [0, 0.1) is 13.8 Å². The van der Waals surface area contributed by atoms with Gasteiger partial charge < -0.3 is 14.1 Å². The molecule has 0 aliphatic rings. The lowest BCUT2D eigenvalue weighted by molar-refractivity contribution is 0.304. The predicted molar refractivity (Wildman–Crippen MR) is 128 cm³/mol. The van der Waals surface area contributed by atoms with Crippen molar-refractivity contribution in [2.75, 3.05) is 6.61 Å². The fraction of sp³-hybridized carbons (Fsp3) is 0.308. The fourth-order valence-electron chi connectivity index (χ4n) is 3.55. The quantitative estimate of drug-likeness (QED) is 0.290. The highest BCUT2D eigenvalue weighted by molar-refractivity contribution is 6.30. The average molecular weight is 450 g/mol. The van der Waals surface area contributed by atoms with Crippen molar-refractivity contribution in [3.63, 3.8) is 0 Å². The second-order valence-electron chi connectivity index (χ2n) is 8.31. The van der Waals surface area contributed by atoms with Crippen LogP contribution >= 0.6 is 11.6 Å². The molecule has 0 bridgehead atoms. The van der Waals surface area contributed by atoms with Crippen LogP contribution in [-0.2, 0) is 6.42 Å². The van der Waals surface area contributed by atoms with E-state index in [1.165, 1.54) is 5.56 Å². The molecular formula is C26H28ClN3O2. The summed E-state index contributed by atoms with van der Waals surface area (Å²) >= 11 is 6.07. The second kappa shape index (κ2) is 9.61. The van der Waals surface area contributed by atoms with Gasteiger partial charge in [0, 0.05) is 17.0 Å². The highest BCUT2D eigenvalue weighted by atomic mass is 35.5. The van der Waals surface area contributed by atoms with E-state index in [0.29, 0.717) is 29.9 Å². The van der Waals surface area contributed by atoms with Gasteiger partial charge in [0.1, 0.15) is 28.7 Å². The van der Waals surface area contributed by atoms with Gasteiger partial charge in [-0.3, -0.25) is 0 Å². The van der Waals surface area contributed by atoms with Crippen LogP contribution in [0.5, 0.6) is 5.75 Å². The van der Waals surface area contributed by atoms with Crippen molar-refractivity contribution in [2.24, 2.45) is 0 Å². The van der Waals surface area contributed by atoms with Crippen molar-refractivity contribution in [3.8, 4) is 28.6 Å². The van der Waals surface area contributed by atoms with E-state index in [1.807, 2.05) is 31.2 Å². The molecule has 6 heteroatoms. The molecule has 0 fully saturated rings. The number of benzene rings is 2. The van der Waals surface area contributed by atoms with Crippen LogP contribution in [0.25, 0.3) is 22.8 Å². The second-order valence-corrected chi connectivity index (χ2v) is 8.75. The standard InChI is InChI=1S/C26H28ClN3O2/c1-16(2)20-8-7-17(3)24(14-20)31-13-5-6-23-25(19-9-11-21(27)12-10-19)30-26(32-23)22-15-28-18(4)29-22/h7-12,14-16H,5-6,13H2,1-4H3,(H,28,29). The molecule has 0 unspecified atom stereocenters. The van der Waals surface area contributed by atoms with Crippen LogP contribution < -0.4 is 4.74 Å². The molecule has 0 spiro atoms. The number of imidazole rings is 1. The number of oxazole rings is 1. The van der Waals surface area contributed by atoms with Crippen molar-refractivity contribution in [3.05, 3.63) is 76.4 Å². The molecule has 166 valence electrons. The minimum Gasteiger partial charge on any atom is -0.493 e. The summed E-state index contributed by atoms with van der Waals surface area (Å²) in [4.78, 5) is 12.2. The van der Waals surface area contributed by atoms with E-state index in [4.69, 9.17) is 25.7 Å². The van der Waals surface area contributed by atoms with Crippen LogP contribution in [0.4, 0.5) is 0 Å². The maximum absolute atomic E-state index is 6.15. The number of aromatic amines is 1. The lowest BCUT2D eigenvalue weighted by atomic mass is 10.0. The number of H-pyrrole nitrogens is 1. The number of hydrogen-bond acceptors (Lipinski definition) is 4. The van der Waals surface area contributed by atoms with Gasteiger partial charge in [0.15, 0.2) is 0 Å². The predicted octanol–water partition coefficient (Wildman–Crippen LogP) is 7.14. The molecule has 0 amide bonds. The first-order valence-corrected chi connectivity index (χ1v) is 11.3. The normalized spacial score (nSPS) is 11.3. The Labute approximate surface area is 193 Å². The maximum atomic E-state index is 6.15. The number of nitrogens with one attached hydrogen (secondary N) is 1. The van der Waals surface area contributed by atoms with Gasteiger partial charge >= 0.3 is 0 Å². The summed E-state index contributed by atoms with van der Waals surface area (Å²) in [6.45, 7) is 8.96. The van der Waals surface area contributed by atoms with Gasteiger partial charge in [-0.15, -0.1) is 0 Å². The summed E-state index contributed by atoms with van der Waals surface area (Å²) in [7, 11) is 0. The van der Waals surface area contributed by atoms with E-state index >= 15 is 0 Å². The molecule has 5 nitrogen and oxygen atoms in total. The zero-order chi connectivity index (χ0) is 22.7. The number of aromatic nitrogens is 3. The van der Waals surface area contributed by atoms with Crippen molar-refractivity contribution in [2.45, 2.75) is 46.5 Å². The van der Waals surface area contributed by atoms with E-state index in [9.17, 15) is 0 Å². The third-order valence-electron chi connectivity index (χ3n) is 5.43. The smallest absolute Gasteiger partial charge is 0.245 e. The highest BCUT2D eigenvalue weighted by Gasteiger charge is 2.17. The van der Waals surface area contributed by atoms with Crippen molar-refractivity contribution in [1.82, 2.24) is 15.0 Å². The molecule has 4 rings (SSSR count). The molecule has 0 aliphatic heterocycles. The van der Waals surface area contributed by atoms with Gasteiger partial charge in [-0.2, -0.15) is 0 Å². The zero-order valence-electron chi connectivity index (χ0n) is 18.9. The number of nitrogens with zero attached hydrogens (tertiary/aromatic N) is 2. The highest BCUT2D eigenvalue weighted by Crippen LogP contribution is 2.30. The van der Waals surface area contributed by atoms with Gasteiger partial charge in [-0.25, -0.2) is 9.97 Å². The average Bonchev–Trinajstić information content (AvgIpc) is 3.39. The van der Waals surface area contributed by atoms with Crippen LogP contribution in [0.1, 0.15) is 48.9 Å². The first-order valence-electron chi connectivity index (χ1n) is 10.9. The van der Waals surface area contributed by atoms with Crippen molar-refractivity contribution < 1.29 is 9.15 Å². The number of hydrogen-bond donors (Lipinski definition) is 1. The Balaban J connectivity index is 1.50. The van der Waals surface area contributed by atoms with Crippen molar-refractivity contribution >= 4 is 11.6 Å². The number of ether oxygens (including phenoxy) is 1. The topological polar surface area (TPSA) is 63.9 Å². The van der Waals surface area contributed by atoms with Gasteiger partial charge in [0.2, 0.25) is 5.89 Å². The zero-order valence-corrected chi connectivity index (χ0v) is 19.7. The summed E-state index contributed by atoms with van der Waals surface area (Å²) in [6.07, 6.45) is 3.26. The molecule has 2 heterocycles. The van der Waals surface area contributed by atoms with E-state index in [2.05, 4.69) is 48.9 Å². The Morgan fingerprint density at radius 2 is 1.88 bits per heavy atom. The van der Waals surface area contributed by atoms with Gasteiger partial charge in [0.25, 0.3) is 0 Å². The SMILES string of the molecule is Cc1ncc(-c2nc(-c3ccc(Cl)cc3)c(CCCOc3cc(C(C)C)ccc3C)o2)[nH]1. The Hall–Kier alpha value is -3.05. The molecule has 4 aromatic rings. The molecule has 32 heavy (non-hydrogen) atoms. The molecule has 2 aromatic carbocycles. The first kappa shape index (κ1) is 22.2. The van der Waals surface area contributed by atoms with Gasteiger partial charge in [0.05, 0.1) is 12.8 Å². The maximum Gasteiger partial charge on any atom is 0.245 e. The number of aryl methyl sites for hydroxylation is 3. The Bertz CT molecular complexity index is 1190. The first-order chi connectivity index (χ1) is 15.4. The number of rotatable bonds is 8. The fourth-order valence-corrected chi connectivity index (χ4v) is 3.67. The van der Waals surface area contributed by atoms with Crippen LogP contribution in [0.3, 0.4) is 0 Å². The molecular weight excluding hydrogens is 422 g/mol. The van der Waals surface area contributed by atoms with E-state index in [-0.39, 0.29) is 0 Å². The van der Waals surface area contributed by atoms with Crippen LogP contribution in [-0.4, -0.2) is 21.6 Å². The van der Waals surface area contributed by atoms with Gasteiger partial charge in [-0.1, -0.05) is 49.7 Å². The van der Waals surface area contributed by atoms with Gasteiger partial charge in [-0.05, 0) is 55.5 Å². The third kappa shape index (κ3) is 5.05. The summed E-state index contributed by atoms with van der Waals surface area (Å²) in [5.74, 6) is 3.59. The van der Waals surface area contributed by atoms with Crippen molar-refractivity contribution in [1.29, 1.82) is 0 Å². The summed E-state index contributed by atoms with van der Waals surface area (Å²) in [5, 5.41) is 0.690. The Morgan fingerprint density at radius 3 is 2.56 bits per heavy atom. The Morgan fingerprint density at radius 1 is 1.09 bits per heavy atom. The van der Waals surface area contributed by atoms with E-state index < -0.39 is 0 Å². The Kier molecular flexibility index (Phi) is 6.66. The largest absolute Gasteiger partial charge is 0.493 e. The minimum atomic E-state index is 0.471. The molecule has 0 aliphatic carbocycles. The molecule has 0 saturated carbocycles. The molecule has 0 saturated heterocycles. The van der Waals surface area contributed by atoms with Crippen LogP contribution in [0.15, 0.2) is 53.1 Å². The molecule has 0 radical (unpaired) electrons. The van der Waals surface area contributed by atoms with E-state index in [1.54, 1.807) is 6.20 Å². The van der Waals surface area contributed by atoms with Crippen LogP contribution in [0.2, 0.25) is 5.02 Å². The minimum absolute atomic E-state index is 0.471. The lowest BCUT2D eigenvalue weighted by Gasteiger charge is -2.12. The molecule has 0 atom stereocenters. The number of halogens is 1. The monoisotopic (exact) mass is 449 g/mol. The third-order valence-corrected chi connectivity index (χ3v) is 5.68. The summed E-state index contributed by atoms with van der Waals surface area (Å²) < 4.78 is 12.3. The summed E-state index contributed by atoms with van der Waals surface area (Å²) in [5.41, 5.74) is 4.98. The lowest BCUT2D eigenvalue weighted by Crippen LogP contribution is -2.02. The van der Waals surface area contributed by atoms with E-state index in [0.717, 1.165) is 46.3 Å².